The number of fused-ring (bicyclic) bond motifs is 1. The number of ketones is 1. The smallest absolute Gasteiger partial charge is 0.163 e. The summed E-state index contributed by atoms with van der Waals surface area (Å²) in [7, 11) is 0. The van der Waals surface area contributed by atoms with Crippen molar-refractivity contribution in [3.05, 3.63) is 101 Å². The van der Waals surface area contributed by atoms with Crippen LogP contribution in [0, 0.1) is 6.92 Å². The van der Waals surface area contributed by atoms with Crippen LogP contribution in [0.5, 0.6) is 5.75 Å². The number of anilines is 2. The lowest BCUT2D eigenvalue weighted by atomic mass is 9.78. The van der Waals surface area contributed by atoms with Gasteiger partial charge >= 0.3 is 0 Å². The Morgan fingerprint density at radius 3 is 2.41 bits per heavy atom. The lowest BCUT2D eigenvalue weighted by molar-refractivity contribution is -0.116. The molecule has 162 valence electrons. The maximum atomic E-state index is 13.7. The van der Waals surface area contributed by atoms with E-state index in [0.717, 1.165) is 40.4 Å². The first-order chi connectivity index (χ1) is 15.6. The van der Waals surface area contributed by atoms with Gasteiger partial charge in [-0.3, -0.25) is 4.79 Å². The van der Waals surface area contributed by atoms with Crippen molar-refractivity contribution in [3.8, 4) is 5.75 Å². The number of carbonyl (C=O) groups excluding carboxylic acids is 1. The monoisotopic (exact) mass is 424 g/mol. The number of ether oxygens (including phenoxy) is 1. The Labute approximate surface area is 189 Å². The number of benzene rings is 3. The van der Waals surface area contributed by atoms with Crippen LogP contribution < -0.4 is 15.4 Å². The van der Waals surface area contributed by atoms with E-state index in [-0.39, 0.29) is 17.7 Å². The molecular formula is C28H28N2O2. The van der Waals surface area contributed by atoms with Gasteiger partial charge in [0.25, 0.3) is 0 Å². The SMILES string of the molecule is CCOc1ccccc1[C@@H]1Nc2ccccc2NC2=C1C(=O)C[C@@H](c1ccc(C)cc1)C2. The van der Waals surface area contributed by atoms with E-state index in [1.807, 2.05) is 37.3 Å². The quantitative estimate of drug-likeness (QED) is 0.511. The zero-order valence-corrected chi connectivity index (χ0v) is 18.5. The van der Waals surface area contributed by atoms with Gasteiger partial charge in [-0.25, -0.2) is 0 Å². The minimum Gasteiger partial charge on any atom is -0.494 e. The minimum atomic E-state index is -0.268. The first-order valence-electron chi connectivity index (χ1n) is 11.3. The number of rotatable bonds is 4. The van der Waals surface area contributed by atoms with E-state index in [0.29, 0.717) is 13.0 Å². The highest BCUT2D eigenvalue weighted by Gasteiger charge is 2.36. The Bertz CT molecular complexity index is 1180. The van der Waals surface area contributed by atoms with Crippen molar-refractivity contribution in [3.63, 3.8) is 0 Å². The molecule has 32 heavy (non-hydrogen) atoms. The van der Waals surface area contributed by atoms with Gasteiger partial charge in [-0.05, 0) is 49.9 Å². The van der Waals surface area contributed by atoms with Gasteiger partial charge in [0.05, 0.1) is 24.0 Å². The molecule has 0 aromatic heterocycles. The standard InChI is InChI=1S/C28H28N2O2/c1-3-32-26-11-7-4-8-21(26)28-27-24(29-22-9-5-6-10-23(22)30-28)16-20(17-25(27)31)19-14-12-18(2)13-15-19/h4-15,20,28-30H,3,16-17H2,1-2H3/t20-,28-/m0/s1. The molecule has 2 aliphatic rings. The molecule has 2 atom stereocenters. The Morgan fingerprint density at radius 2 is 1.62 bits per heavy atom. The molecule has 2 N–H and O–H groups in total. The second-order valence-electron chi connectivity index (χ2n) is 8.55. The fraction of sp³-hybridized carbons (Fsp3) is 0.250. The number of allylic oxidation sites excluding steroid dienone is 1. The number of hydrogen-bond donors (Lipinski definition) is 2. The van der Waals surface area contributed by atoms with Crippen LogP contribution in [-0.2, 0) is 4.79 Å². The van der Waals surface area contributed by atoms with Gasteiger partial charge in [0.15, 0.2) is 5.78 Å². The fourth-order valence-electron chi connectivity index (χ4n) is 4.81. The van der Waals surface area contributed by atoms with E-state index in [1.165, 1.54) is 11.1 Å². The van der Waals surface area contributed by atoms with Crippen LogP contribution >= 0.6 is 0 Å². The minimum absolute atomic E-state index is 0.169. The first-order valence-corrected chi connectivity index (χ1v) is 11.3. The summed E-state index contributed by atoms with van der Waals surface area (Å²) < 4.78 is 5.94. The number of hydrogen-bond acceptors (Lipinski definition) is 4. The average molecular weight is 425 g/mol. The highest BCUT2D eigenvalue weighted by atomic mass is 16.5. The largest absolute Gasteiger partial charge is 0.494 e. The molecule has 0 amide bonds. The van der Waals surface area contributed by atoms with Gasteiger partial charge in [0, 0.05) is 23.3 Å². The average Bonchev–Trinajstić information content (AvgIpc) is 2.97. The predicted molar refractivity (Wildman–Crippen MR) is 129 cm³/mol. The molecule has 4 nitrogen and oxygen atoms in total. The summed E-state index contributed by atoms with van der Waals surface area (Å²) in [5.74, 6) is 1.16. The molecule has 0 saturated carbocycles. The summed E-state index contributed by atoms with van der Waals surface area (Å²) in [4.78, 5) is 13.7. The number of nitrogens with one attached hydrogen (secondary N) is 2. The van der Waals surface area contributed by atoms with Crippen molar-refractivity contribution in [2.75, 3.05) is 17.2 Å². The molecule has 0 saturated heterocycles. The molecule has 0 bridgehead atoms. The third-order valence-electron chi connectivity index (χ3n) is 6.39. The van der Waals surface area contributed by atoms with Crippen molar-refractivity contribution in [1.29, 1.82) is 0 Å². The van der Waals surface area contributed by atoms with E-state index < -0.39 is 0 Å². The van der Waals surface area contributed by atoms with Gasteiger partial charge in [0.2, 0.25) is 0 Å². The van der Waals surface area contributed by atoms with E-state index in [9.17, 15) is 4.79 Å². The van der Waals surface area contributed by atoms with Crippen LogP contribution in [0.1, 0.15) is 48.4 Å². The Morgan fingerprint density at radius 1 is 0.906 bits per heavy atom. The topological polar surface area (TPSA) is 50.4 Å². The lowest BCUT2D eigenvalue weighted by Gasteiger charge is -2.30. The zero-order valence-electron chi connectivity index (χ0n) is 18.5. The molecule has 3 aromatic rings. The van der Waals surface area contributed by atoms with Crippen LogP contribution in [0.4, 0.5) is 11.4 Å². The van der Waals surface area contributed by atoms with Crippen molar-refractivity contribution < 1.29 is 9.53 Å². The van der Waals surface area contributed by atoms with Gasteiger partial charge in [-0.1, -0.05) is 60.2 Å². The summed E-state index contributed by atoms with van der Waals surface area (Å²) in [5.41, 5.74) is 7.23. The van der Waals surface area contributed by atoms with Crippen molar-refractivity contribution in [2.24, 2.45) is 0 Å². The summed E-state index contributed by atoms with van der Waals surface area (Å²) in [6.07, 6.45) is 1.31. The number of aryl methyl sites for hydroxylation is 1. The van der Waals surface area contributed by atoms with E-state index >= 15 is 0 Å². The molecule has 1 heterocycles. The third-order valence-corrected chi connectivity index (χ3v) is 6.39. The summed E-state index contributed by atoms with van der Waals surface area (Å²) >= 11 is 0. The number of para-hydroxylation sites is 3. The van der Waals surface area contributed by atoms with Crippen LogP contribution in [0.2, 0.25) is 0 Å². The molecule has 3 aromatic carbocycles. The van der Waals surface area contributed by atoms with E-state index in [4.69, 9.17) is 4.74 Å². The molecular weight excluding hydrogens is 396 g/mol. The summed E-state index contributed by atoms with van der Waals surface area (Å²) in [6, 6.07) is 24.5. The number of Topliss-reactive ketones (excluding diaryl/α,β-unsaturated/α-hetero) is 1. The Kier molecular flexibility index (Phi) is 5.44. The third kappa shape index (κ3) is 3.77. The first kappa shape index (κ1) is 20.4. The highest BCUT2D eigenvalue weighted by Crippen LogP contribution is 2.45. The molecule has 1 aliphatic heterocycles. The molecule has 0 unspecified atom stereocenters. The van der Waals surface area contributed by atoms with Crippen molar-refractivity contribution in [2.45, 2.75) is 38.6 Å². The van der Waals surface area contributed by atoms with Crippen LogP contribution in [0.3, 0.4) is 0 Å². The maximum Gasteiger partial charge on any atom is 0.163 e. The van der Waals surface area contributed by atoms with E-state index in [2.05, 4.69) is 60.0 Å². The molecule has 1 aliphatic carbocycles. The second-order valence-corrected chi connectivity index (χ2v) is 8.55. The van der Waals surface area contributed by atoms with Crippen molar-refractivity contribution >= 4 is 17.2 Å². The maximum absolute atomic E-state index is 13.7. The van der Waals surface area contributed by atoms with Crippen molar-refractivity contribution in [1.82, 2.24) is 0 Å². The summed E-state index contributed by atoms with van der Waals surface area (Å²) in [6.45, 7) is 4.65. The van der Waals surface area contributed by atoms with Gasteiger partial charge in [-0.15, -0.1) is 0 Å². The summed E-state index contributed by atoms with van der Waals surface area (Å²) in [5, 5.41) is 7.25. The molecule has 0 fully saturated rings. The molecule has 5 rings (SSSR count). The van der Waals surface area contributed by atoms with Gasteiger partial charge in [-0.2, -0.15) is 0 Å². The fourth-order valence-corrected chi connectivity index (χ4v) is 4.81. The second kappa shape index (κ2) is 8.54. The van der Waals surface area contributed by atoms with Gasteiger partial charge < -0.3 is 15.4 Å². The van der Waals surface area contributed by atoms with Crippen LogP contribution in [0.25, 0.3) is 0 Å². The molecule has 0 spiro atoms. The van der Waals surface area contributed by atoms with E-state index in [1.54, 1.807) is 0 Å². The highest BCUT2D eigenvalue weighted by molar-refractivity contribution is 6.01. The Hall–Kier alpha value is -3.53. The molecule has 0 radical (unpaired) electrons. The lowest BCUT2D eigenvalue weighted by Crippen LogP contribution is -2.27. The van der Waals surface area contributed by atoms with Crippen LogP contribution in [-0.4, -0.2) is 12.4 Å². The van der Waals surface area contributed by atoms with Crippen LogP contribution in [0.15, 0.2) is 84.1 Å². The number of carbonyl (C=O) groups is 1. The molecule has 4 heteroatoms. The van der Waals surface area contributed by atoms with Gasteiger partial charge in [0.1, 0.15) is 5.75 Å². The normalized spacial score (nSPS) is 19.9. The Balaban J connectivity index is 1.62. The predicted octanol–water partition coefficient (Wildman–Crippen LogP) is 6.37. The zero-order chi connectivity index (χ0) is 22.1.